The first-order valence-electron chi connectivity index (χ1n) is 10.2. The van der Waals surface area contributed by atoms with Gasteiger partial charge in [0.15, 0.2) is 0 Å². The van der Waals surface area contributed by atoms with E-state index in [0.29, 0.717) is 11.5 Å². The van der Waals surface area contributed by atoms with Crippen LogP contribution in [0, 0.1) is 18.3 Å². The van der Waals surface area contributed by atoms with Crippen LogP contribution >= 0.6 is 0 Å². The van der Waals surface area contributed by atoms with Gasteiger partial charge < -0.3 is 15.5 Å². The van der Waals surface area contributed by atoms with Crippen molar-refractivity contribution in [2.45, 2.75) is 52.0 Å². The second-order valence-electron chi connectivity index (χ2n) is 7.90. The normalized spacial score (nSPS) is 18.1. The van der Waals surface area contributed by atoms with Crippen molar-refractivity contribution in [3.05, 3.63) is 40.6 Å². The molecule has 1 atom stereocenters. The summed E-state index contributed by atoms with van der Waals surface area (Å²) in [7, 11) is 0. The molecule has 1 fully saturated rings. The molecule has 0 spiro atoms. The summed E-state index contributed by atoms with van der Waals surface area (Å²) in [5.41, 5.74) is 4.76. The first kappa shape index (κ1) is 19.2. The number of nitriles is 1. The highest BCUT2D eigenvalue weighted by molar-refractivity contribution is 5.73. The molecule has 0 bridgehead atoms. The molecule has 1 aliphatic carbocycles. The Morgan fingerprint density at radius 1 is 1.28 bits per heavy atom. The van der Waals surface area contributed by atoms with Crippen molar-refractivity contribution in [1.82, 2.24) is 15.3 Å². The molecule has 2 N–H and O–H groups in total. The van der Waals surface area contributed by atoms with E-state index >= 15 is 0 Å². The van der Waals surface area contributed by atoms with Gasteiger partial charge in [0.05, 0.1) is 17.3 Å². The Kier molecular flexibility index (Phi) is 5.34. The van der Waals surface area contributed by atoms with Crippen molar-refractivity contribution in [1.29, 1.82) is 5.26 Å². The number of nitrogens with zero attached hydrogens (tertiary/aromatic N) is 4. The first-order valence-corrected chi connectivity index (χ1v) is 10.2. The fraction of sp³-hybridized carbons (Fsp3) is 0.455. The Labute approximate surface area is 171 Å². The van der Waals surface area contributed by atoms with Gasteiger partial charge in [-0.2, -0.15) is 10.2 Å². The highest BCUT2D eigenvalue weighted by Crippen LogP contribution is 2.32. The number of nitrogens with one attached hydrogen (secondary N) is 2. The number of hydrogen-bond donors (Lipinski definition) is 2. The third kappa shape index (κ3) is 4.16. The molecule has 7 heteroatoms. The number of aromatic nitrogens is 2. The van der Waals surface area contributed by atoms with Gasteiger partial charge >= 0.3 is 0 Å². The van der Waals surface area contributed by atoms with Crippen LogP contribution in [0.4, 0.5) is 17.5 Å². The molecule has 150 valence electrons. The van der Waals surface area contributed by atoms with E-state index in [1.807, 2.05) is 25.1 Å². The van der Waals surface area contributed by atoms with Crippen molar-refractivity contribution in [3.63, 3.8) is 0 Å². The highest BCUT2D eigenvalue weighted by atomic mass is 16.1. The fourth-order valence-corrected chi connectivity index (χ4v) is 4.20. The fourth-order valence-electron chi connectivity index (χ4n) is 4.20. The third-order valence-corrected chi connectivity index (χ3v) is 5.67. The number of carbonyl (C=O) groups is 1. The number of anilines is 3. The molecule has 0 radical (unpaired) electrons. The average molecular weight is 390 g/mol. The summed E-state index contributed by atoms with van der Waals surface area (Å²) in [5, 5.41) is 15.6. The van der Waals surface area contributed by atoms with Crippen molar-refractivity contribution >= 4 is 23.4 Å². The van der Waals surface area contributed by atoms with Crippen LogP contribution in [0.3, 0.4) is 0 Å². The van der Waals surface area contributed by atoms with Gasteiger partial charge in [0, 0.05) is 37.3 Å². The van der Waals surface area contributed by atoms with Crippen molar-refractivity contribution in [3.8, 4) is 6.07 Å². The van der Waals surface area contributed by atoms with Crippen molar-refractivity contribution < 1.29 is 4.79 Å². The van der Waals surface area contributed by atoms with Crippen LogP contribution in [-0.2, 0) is 17.6 Å². The minimum atomic E-state index is 0.0107. The molecule has 29 heavy (non-hydrogen) atoms. The van der Waals surface area contributed by atoms with Gasteiger partial charge in [-0.05, 0) is 56.7 Å². The lowest BCUT2D eigenvalue weighted by atomic mass is 9.96. The van der Waals surface area contributed by atoms with Gasteiger partial charge in [-0.1, -0.05) is 6.07 Å². The van der Waals surface area contributed by atoms with E-state index in [4.69, 9.17) is 9.97 Å². The number of amides is 1. The maximum atomic E-state index is 11.4. The second-order valence-corrected chi connectivity index (χ2v) is 7.90. The summed E-state index contributed by atoms with van der Waals surface area (Å²) in [6.07, 6.45) is 5.17. The molecule has 1 saturated heterocycles. The zero-order chi connectivity index (χ0) is 20.4. The lowest BCUT2D eigenvalue weighted by molar-refractivity contribution is -0.119. The number of carbonyl (C=O) groups excluding carboxylic acids is 1. The van der Waals surface area contributed by atoms with Crippen molar-refractivity contribution in [2.75, 3.05) is 23.3 Å². The summed E-state index contributed by atoms with van der Waals surface area (Å²) < 4.78 is 0. The maximum absolute atomic E-state index is 11.4. The molecule has 1 aromatic heterocycles. The van der Waals surface area contributed by atoms with E-state index in [1.165, 1.54) is 5.56 Å². The van der Waals surface area contributed by atoms with Gasteiger partial charge in [0.1, 0.15) is 5.82 Å². The Morgan fingerprint density at radius 3 is 2.90 bits per heavy atom. The molecule has 1 unspecified atom stereocenters. The van der Waals surface area contributed by atoms with Crippen molar-refractivity contribution in [2.24, 2.45) is 0 Å². The maximum Gasteiger partial charge on any atom is 0.229 e. The number of rotatable bonds is 4. The van der Waals surface area contributed by atoms with Crippen LogP contribution in [0.1, 0.15) is 48.6 Å². The first-order chi connectivity index (χ1) is 14.0. The van der Waals surface area contributed by atoms with E-state index in [1.54, 1.807) is 6.92 Å². The second kappa shape index (κ2) is 8.08. The predicted molar refractivity (Wildman–Crippen MR) is 112 cm³/mol. The third-order valence-electron chi connectivity index (χ3n) is 5.67. The van der Waals surface area contributed by atoms with E-state index in [9.17, 15) is 10.1 Å². The van der Waals surface area contributed by atoms with Crippen LogP contribution < -0.4 is 15.5 Å². The number of benzene rings is 1. The molecular formula is C22H26N6O. The lowest BCUT2D eigenvalue weighted by Gasteiger charge is -2.25. The molecule has 1 aliphatic heterocycles. The summed E-state index contributed by atoms with van der Waals surface area (Å²) in [6, 6.07) is 8.09. The zero-order valence-electron chi connectivity index (χ0n) is 17.0. The predicted octanol–water partition coefficient (Wildman–Crippen LogP) is 2.99. The van der Waals surface area contributed by atoms with Gasteiger partial charge in [-0.15, -0.1) is 0 Å². The smallest absolute Gasteiger partial charge is 0.229 e. The molecule has 0 saturated carbocycles. The number of fused-ring (bicyclic) bond motifs is 1. The molecule has 2 aromatic rings. The molecule has 7 nitrogen and oxygen atoms in total. The van der Waals surface area contributed by atoms with Gasteiger partial charge in [0.2, 0.25) is 11.9 Å². The Morgan fingerprint density at radius 2 is 2.10 bits per heavy atom. The quantitative estimate of drug-likeness (QED) is 0.833. The van der Waals surface area contributed by atoms with Crippen LogP contribution in [0.25, 0.3) is 0 Å². The average Bonchev–Trinajstić information content (AvgIpc) is 3.16. The van der Waals surface area contributed by atoms with Crippen LogP contribution in [0.5, 0.6) is 0 Å². The molecule has 4 rings (SSSR count). The van der Waals surface area contributed by atoms with Gasteiger partial charge in [-0.3, -0.25) is 4.79 Å². The summed E-state index contributed by atoms with van der Waals surface area (Å²) in [5.74, 6) is 1.56. The van der Waals surface area contributed by atoms with Crippen LogP contribution in [0.15, 0.2) is 18.2 Å². The Balaban J connectivity index is 1.64. The van der Waals surface area contributed by atoms with E-state index in [0.717, 1.165) is 68.0 Å². The monoisotopic (exact) mass is 390 g/mol. The standard InChI is InChI=1S/C22H26N6O/c1-14-7-8-17(11-16(14)12-23)25-22-26-20-6-4-3-5-19(20)21(27-22)28-10-9-18(13-28)24-15(2)29/h7-8,11,18H,3-6,9-10,13H2,1-2H3,(H,24,29)(H,25,26,27). The molecular weight excluding hydrogens is 364 g/mol. The molecule has 2 heterocycles. The minimum absolute atomic E-state index is 0.0107. The lowest BCUT2D eigenvalue weighted by Crippen LogP contribution is -2.36. The number of hydrogen-bond acceptors (Lipinski definition) is 6. The zero-order valence-corrected chi connectivity index (χ0v) is 17.0. The SMILES string of the molecule is CC(=O)NC1CCN(c2nc(Nc3ccc(C)c(C#N)c3)nc3c2CCCC3)C1. The molecule has 1 aromatic carbocycles. The topological polar surface area (TPSA) is 93.9 Å². The van der Waals surface area contributed by atoms with E-state index in [2.05, 4.69) is 21.6 Å². The minimum Gasteiger partial charge on any atom is -0.354 e. The van der Waals surface area contributed by atoms with Gasteiger partial charge in [0.25, 0.3) is 0 Å². The Bertz CT molecular complexity index is 980. The largest absolute Gasteiger partial charge is 0.354 e. The van der Waals surface area contributed by atoms with E-state index < -0.39 is 0 Å². The summed E-state index contributed by atoms with van der Waals surface area (Å²) in [4.78, 5) is 23.3. The summed E-state index contributed by atoms with van der Waals surface area (Å²) in [6.45, 7) is 5.13. The highest BCUT2D eigenvalue weighted by Gasteiger charge is 2.28. The summed E-state index contributed by atoms with van der Waals surface area (Å²) >= 11 is 0. The van der Waals surface area contributed by atoms with Crippen LogP contribution in [-0.4, -0.2) is 35.0 Å². The van der Waals surface area contributed by atoms with Crippen LogP contribution in [0.2, 0.25) is 0 Å². The molecule has 2 aliphatic rings. The Hall–Kier alpha value is -3.14. The van der Waals surface area contributed by atoms with E-state index in [-0.39, 0.29) is 11.9 Å². The van der Waals surface area contributed by atoms with Gasteiger partial charge in [-0.25, -0.2) is 4.98 Å². The molecule has 1 amide bonds. The number of aryl methyl sites for hydroxylation is 2.